The first-order chi connectivity index (χ1) is 13.9. The minimum absolute atomic E-state index is 0. The van der Waals surface area contributed by atoms with Crippen molar-refractivity contribution in [1.82, 2.24) is 0 Å². The van der Waals surface area contributed by atoms with Gasteiger partial charge in [-0.3, -0.25) is 0 Å². The van der Waals surface area contributed by atoms with Crippen LogP contribution in [0, 0.1) is 5.41 Å². The molecular formula is C25H42Cl2O2Si2Zr. The first-order valence-corrected chi connectivity index (χ1v) is 21.1. The Bertz CT molecular complexity index is 736. The normalized spacial score (nSPS) is 19.2. The Morgan fingerprint density at radius 1 is 0.750 bits per heavy atom. The van der Waals surface area contributed by atoms with Crippen LogP contribution in [0.15, 0.2) is 41.0 Å². The number of halogens is 2. The van der Waals surface area contributed by atoms with Gasteiger partial charge in [-0.25, -0.2) is 0 Å². The summed E-state index contributed by atoms with van der Waals surface area (Å²) in [6, 6.07) is 0. The molecule has 2 aliphatic carbocycles. The molecule has 1 heterocycles. The van der Waals surface area contributed by atoms with Gasteiger partial charge in [-0.2, -0.15) is 0 Å². The molecule has 0 atom stereocenters. The zero-order chi connectivity index (χ0) is 22.2. The molecule has 0 aromatic heterocycles. The summed E-state index contributed by atoms with van der Waals surface area (Å²) in [5, 5.41) is 0. The van der Waals surface area contributed by atoms with Gasteiger partial charge >= 0.3 is 200 Å². The van der Waals surface area contributed by atoms with Crippen molar-refractivity contribution < 1.29 is 56.9 Å². The van der Waals surface area contributed by atoms with E-state index in [1.54, 1.807) is 22.3 Å². The Morgan fingerprint density at radius 3 is 1.47 bits per heavy atom. The number of rotatable bonds is 10. The van der Waals surface area contributed by atoms with Gasteiger partial charge in [-0.1, -0.05) is 0 Å². The summed E-state index contributed by atoms with van der Waals surface area (Å²) in [6.45, 7) is 20.6. The number of allylic oxidation sites excluding steroid dienone is 8. The van der Waals surface area contributed by atoms with Crippen molar-refractivity contribution in [1.29, 1.82) is 0 Å². The van der Waals surface area contributed by atoms with Crippen LogP contribution in [0.25, 0.3) is 0 Å². The zero-order valence-corrected chi connectivity index (χ0v) is 27.4. The molecule has 0 unspecified atom stereocenters. The monoisotopic (exact) mass is 590 g/mol. The van der Waals surface area contributed by atoms with Crippen LogP contribution < -0.4 is 24.8 Å². The number of hydrogen-bond donors (Lipinski definition) is 0. The maximum Gasteiger partial charge on any atom is -1.00 e. The molecule has 0 saturated heterocycles. The SMILES string of the molecule is CC1(C)C2=CC[C](=C2CCCO[Si](C)(C)C)[Zr+2][C]2=C(CCCO[Si](C)(C)C)C1=CC2.[Cl-].[Cl-]. The van der Waals surface area contributed by atoms with Gasteiger partial charge in [-0.15, -0.1) is 0 Å². The van der Waals surface area contributed by atoms with Gasteiger partial charge in [0, 0.05) is 0 Å². The molecule has 0 saturated carbocycles. The average Bonchev–Trinajstić information content (AvgIpc) is 3.20. The molecule has 2 nitrogen and oxygen atoms in total. The molecular weight excluding hydrogens is 551 g/mol. The van der Waals surface area contributed by atoms with E-state index in [0.717, 1.165) is 13.2 Å². The average molecular weight is 593 g/mol. The second kappa shape index (κ2) is 12.1. The van der Waals surface area contributed by atoms with E-state index in [1.807, 2.05) is 6.56 Å². The van der Waals surface area contributed by atoms with Gasteiger partial charge in [0.25, 0.3) is 0 Å². The summed E-state index contributed by atoms with van der Waals surface area (Å²) in [7, 11) is -2.80. The molecule has 4 bridgehead atoms. The van der Waals surface area contributed by atoms with Crippen LogP contribution in [-0.4, -0.2) is 29.8 Å². The maximum absolute atomic E-state index is 6.15. The van der Waals surface area contributed by atoms with Crippen molar-refractivity contribution in [3.05, 3.63) is 41.0 Å². The third-order valence-electron chi connectivity index (χ3n) is 6.26. The van der Waals surface area contributed by atoms with Crippen LogP contribution in [0.3, 0.4) is 0 Å². The largest absolute Gasteiger partial charge is 1.00 e. The van der Waals surface area contributed by atoms with E-state index in [1.165, 1.54) is 38.5 Å². The molecule has 32 heavy (non-hydrogen) atoms. The van der Waals surface area contributed by atoms with Crippen molar-refractivity contribution in [3.8, 4) is 0 Å². The van der Waals surface area contributed by atoms with Gasteiger partial charge in [-0.05, 0) is 0 Å². The fourth-order valence-electron chi connectivity index (χ4n) is 4.90. The second-order valence-corrected chi connectivity index (χ2v) is 24.0. The van der Waals surface area contributed by atoms with Crippen molar-refractivity contribution in [2.75, 3.05) is 13.2 Å². The van der Waals surface area contributed by atoms with Crippen LogP contribution in [-0.2, 0) is 32.1 Å². The molecule has 3 aliphatic rings. The molecule has 0 radical (unpaired) electrons. The van der Waals surface area contributed by atoms with Crippen molar-refractivity contribution in [3.63, 3.8) is 0 Å². The topological polar surface area (TPSA) is 18.5 Å². The van der Waals surface area contributed by atoms with E-state index in [0.29, 0.717) is 0 Å². The van der Waals surface area contributed by atoms with E-state index in [9.17, 15) is 0 Å². The maximum atomic E-state index is 6.15. The number of fused-ring (bicyclic) bond motifs is 2. The predicted molar refractivity (Wildman–Crippen MR) is 130 cm³/mol. The van der Waals surface area contributed by atoms with Gasteiger partial charge < -0.3 is 24.8 Å². The van der Waals surface area contributed by atoms with Gasteiger partial charge in [0.15, 0.2) is 0 Å². The first kappa shape index (κ1) is 30.8. The summed E-state index contributed by atoms with van der Waals surface area (Å²) in [6.07, 6.45) is 12.4. The number of hydrogen-bond acceptors (Lipinski definition) is 2. The summed E-state index contributed by atoms with van der Waals surface area (Å²) in [5.74, 6) is 0. The van der Waals surface area contributed by atoms with Gasteiger partial charge in [0.05, 0.1) is 0 Å². The molecule has 3 rings (SSSR count). The van der Waals surface area contributed by atoms with Crippen molar-refractivity contribution in [2.45, 2.75) is 91.7 Å². The van der Waals surface area contributed by atoms with Crippen molar-refractivity contribution in [2.24, 2.45) is 5.41 Å². The standard InChI is InChI=1S/C25H42O2Si2.2ClH.Zr/c1-25(2,23-17-9-13-21(23)15-11-19-26-28(3,4)5)24-18-10-14-22(24)16-12-20-27-29(6,7)8;;;/h17-18H,9-12,15-16,19-20H2,1-8H3;2*1H;/q;;;+2/p-2. The van der Waals surface area contributed by atoms with E-state index in [2.05, 4.69) is 65.3 Å². The first-order valence-electron chi connectivity index (χ1n) is 11.8. The molecule has 1 aliphatic heterocycles. The second-order valence-electron chi connectivity index (χ2n) is 11.4. The molecule has 0 fully saturated rings. The van der Waals surface area contributed by atoms with E-state index < -0.39 is 39.9 Å². The third kappa shape index (κ3) is 7.90. The summed E-state index contributed by atoms with van der Waals surface area (Å²) in [5.41, 5.74) is 6.91. The molecule has 0 spiro atoms. The van der Waals surface area contributed by atoms with Crippen LogP contribution in [0.1, 0.15) is 52.4 Å². The zero-order valence-electron chi connectivity index (χ0n) is 21.4. The Morgan fingerprint density at radius 2 is 1.12 bits per heavy atom. The fraction of sp³-hybridized carbons (Fsp3) is 0.680. The Labute approximate surface area is 223 Å². The summed E-state index contributed by atoms with van der Waals surface area (Å²) < 4.78 is 16.0. The van der Waals surface area contributed by atoms with Crippen LogP contribution in [0.4, 0.5) is 0 Å². The van der Waals surface area contributed by atoms with Crippen LogP contribution in [0.5, 0.6) is 0 Å². The van der Waals surface area contributed by atoms with E-state index >= 15 is 0 Å². The fourth-order valence-corrected chi connectivity index (χ4v) is 10.3. The van der Waals surface area contributed by atoms with Crippen LogP contribution >= 0.6 is 0 Å². The quantitative estimate of drug-likeness (QED) is 0.283. The smallest absolute Gasteiger partial charge is 1.00 e. The minimum atomic E-state index is -1.40. The summed E-state index contributed by atoms with van der Waals surface area (Å²) in [4.78, 5) is 0. The van der Waals surface area contributed by atoms with Gasteiger partial charge in [0.2, 0.25) is 0 Å². The molecule has 0 aromatic carbocycles. The summed E-state index contributed by atoms with van der Waals surface area (Å²) >= 11 is -0.649. The van der Waals surface area contributed by atoms with E-state index in [4.69, 9.17) is 8.85 Å². The molecule has 0 aromatic rings. The molecule has 180 valence electrons. The van der Waals surface area contributed by atoms with E-state index in [-0.39, 0.29) is 30.2 Å². The Balaban J connectivity index is 0.00000256. The minimum Gasteiger partial charge on any atom is -1.00 e. The molecule has 7 heteroatoms. The molecule has 0 N–H and O–H groups in total. The Hall–Kier alpha value is 0.777. The predicted octanol–water partition coefficient (Wildman–Crippen LogP) is 1.55. The van der Waals surface area contributed by atoms with Crippen molar-refractivity contribution >= 4 is 16.6 Å². The Kier molecular flexibility index (Phi) is 11.7. The molecule has 0 amide bonds. The van der Waals surface area contributed by atoms with Gasteiger partial charge in [0.1, 0.15) is 0 Å². The van der Waals surface area contributed by atoms with Crippen LogP contribution in [0.2, 0.25) is 39.3 Å². The third-order valence-corrected chi connectivity index (χ3v) is 12.4.